The number of fused-ring (bicyclic) bond motifs is 5. The van der Waals surface area contributed by atoms with Crippen LogP contribution < -0.4 is 0 Å². The minimum absolute atomic E-state index is 0.171. The molecule has 0 bridgehead atoms. The van der Waals surface area contributed by atoms with Crippen molar-refractivity contribution in [3.8, 4) is 55.6 Å². The minimum Gasteiger partial charge on any atom is -0.344 e. The summed E-state index contributed by atoms with van der Waals surface area (Å²) in [6, 6.07) is 63.1. The van der Waals surface area contributed by atoms with E-state index in [1.165, 1.54) is 99.3 Å². The van der Waals surface area contributed by atoms with Gasteiger partial charge in [0.1, 0.15) is 0 Å². The second-order valence-electron chi connectivity index (χ2n) is 16.7. The molecular weight excluding hydrogens is 687 g/mol. The number of hydrogen-bond acceptors (Lipinski definition) is 0. The molecule has 1 heterocycles. The second kappa shape index (κ2) is 13.9. The SMILES string of the molecule is CCn1c2c(c3cc(-c4ccc(-c5c6ccc(-c7ccccc7)cc6c(-c6ccccc6)c6ccc(-c7ccccc7)cc56)cc4)ccc31)C=C(C(C)(C)C)CC2. The Morgan fingerprint density at radius 1 is 0.421 bits per heavy atom. The first-order valence-corrected chi connectivity index (χ1v) is 20.5. The summed E-state index contributed by atoms with van der Waals surface area (Å²) in [5.41, 5.74) is 18.3. The third-order valence-corrected chi connectivity index (χ3v) is 12.3. The van der Waals surface area contributed by atoms with Crippen LogP contribution in [-0.2, 0) is 13.0 Å². The molecule has 1 heteroatoms. The predicted molar refractivity (Wildman–Crippen MR) is 246 cm³/mol. The number of aryl methyl sites for hydroxylation is 1. The van der Waals surface area contributed by atoms with Crippen LogP contribution in [0.15, 0.2) is 175 Å². The molecule has 10 rings (SSSR count). The van der Waals surface area contributed by atoms with Gasteiger partial charge in [-0.05, 0) is 127 Å². The average molecular weight is 734 g/mol. The van der Waals surface area contributed by atoms with Crippen LogP contribution >= 0.6 is 0 Å². The Hall–Kier alpha value is -6.44. The van der Waals surface area contributed by atoms with Crippen molar-refractivity contribution in [2.45, 2.75) is 47.1 Å². The summed E-state index contributed by atoms with van der Waals surface area (Å²) in [6.45, 7) is 10.3. The molecule has 0 unspecified atom stereocenters. The van der Waals surface area contributed by atoms with Gasteiger partial charge < -0.3 is 4.57 Å². The normalized spacial score (nSPS) is 12.9. The largest absolute Gasteiger partial charge is 0.344 e. The third kappa shape index (κ3) is 6.10. The lowest BCUT2D eigenvalue weighted by atomic mass is 9.79. The van der Waals surface area contributed by atoms with Crippen molar-refractivity contribution in [2.24, 2.45) is 5.41 Å². The fraction of sp³-hybridized carbons (Fsp3) is 0.143. The molecule has 1 nitrogen and oxygen atoms in total. The molecule has 0 atom stereocenters. The lowest BCUT2D eigenvalue weighted by molar-refractivity contribution is 0.481. The molecule has 0 radical (unpaired) electrons. The molecule has 1 aliphatic carbocycles. The molecule has 57 heavy (non-hydrogen) atoms. The zero-order chi connectivity index (χ0) is 38.7. The lowest BCUT2D eigenvalue weighted by Gasteiger charge is -2.26. The van der Waals surface area contributed by atoms with E-state index in [4.69, 9.17) is 0 Å². The van der Waals surface area contributed by atoms with Crippen LogP contribution in [0.4, 0.5) is 0 Å². The Bertz CT molecular complexity index is 2970. The first-order valence-electron chi connectivity index (χ1n) is 20.5. The molecule has 0 amide bonds. The van der Waals surface area contributed by atoms with E-state index in [2.05, 4.69) is 208 Å². The zero-order valence-electron chi connectivity index (χ0n) is 33.3. The van der Waals surface area contributed by atoms with Crippen LogP contribution in [0, 0.1) is 5.41 Å². The van der Waals surface area contributed by atoms with Crippen molar-refractivity contribution in [1.29, 1.82) is 0 Å². The van der Waals surface area contributed by atoms with Crippen LogP contribution in [0.25, 0.3) is 94.2 Å². The lowest BCUT2D eigenvalue weighted by Crippen LogP contribution is -2.14. The highest BCUT2D eigenvalue weighted by atomic mass is 15.0. The summed E-state index contributed by atoms with van der Waals surface area (Å²) in [5, 5.41) is 6.41. The fourth-order valence-corrected chi connectivity index (χ4v) is 9.40. The van der Waals surface area contributed by atoms with Gasteiger partial charge in [-0.1, -0.05) is 178 Å². The molecule has 0 N–H and O–H groups in total. The Morgan fingerprint density at radius 3 is 1.35 bits per heavy atom. The quantitative estimate of drug-likeness (QED) is 0.150. The van der Waals surface area contributed by atoms with Gasteiger partial charge in [-0.2, -0.15) is 0 Å². The molecule has 0 fully saturated rings. The van der Waals surface area contributed by atoms with Crippen molar-refractivity contribution in [1.82, 2.24) is 4.57 Å². The van der Waals surface area contributed by atoms with E-state index in [-0.39, 0.29) is 5.41 Å². The summed E-state index contributed by atoms with van der Waals surface area (Å²) in [4.78, 5) is 0. The number of aromatic nitrogens is 1. The van der Waals surface area contributed by atoms with Crippen LogP contribution in [0.5, 0.6) is 0 Å². The van der Waals surface area contributed by atoms with Gasteiger partial charge >= 0.3 is 0 Å². The van der Waals surface area contributed by atoms with E-state index >= 15 is 0 Å². The maximum Gasteiger partial charge on any atom is 0.0489 e. The summed E-state index contributed by atoms with van der Waals surface area (Å²) in [6.07, 6.45) is 4.74. The molecule has 276 valence electrons. The van der Waals surface area contributed by atoms with E-state index in [0.717, 1.165) is 19.4 Å². The van der Waals surface area contributed by atoms with Gasteiger partial charge in [0.25, 0.3) is 0 Å². The van der Waals surface area contributed by atoms with Gasteiger partial charge in [0.15, 0.2) is 0 Å². The van der Waals surface area contributed by atoms with Gasteiger partial charge in [0.2, 0.25) is 0 Å². The smallest absolute Gasteiger partial charge is 0.0489 e. The molecule has 1 aromatic heterocycles. The average Bonchev–Trinajstić information content (AvgIpc) is 3.58. The molecule has 9 aromatic rings. The van der Waals surface area contributed by atoms with Gasteiger partial charge in [0.05, 0.1) is 0 Å². The zero-order valence-corrected chi connectivity index (χ0v) is 33.3. The number of nitrogens with zero attached hydrogens (tertiary/aromatic N) is 1. The van der Waals surface area contributed by atoms with Crippen molar-refractivity contribution >= 4 is 38.5 Å². The Kier molecular flexibility index (Phi) is 8.56. The maximum absolute atomic E-state index is 2.54. The second-order valence-corrected chi connectivity index (χ2v) is 16.7. The Morgan fingerprint density at radius 2 is 0.842 bits per heavy atom. The topological polar surface area (TPSA) is 4.93 Å². The Balaban J connectivity index is 1.18. The van der Waals surface area contributed by atoms with Gasteiger partial charge in [-0.15, -0.1) is 0 Å². The third-order valence-electron chi connectivity index (χ3n) is 12.3. The van der Waals surface area contributed by atoms with E-state index in [0.29, 0.717) is 0 Å². The van der Waals surface area contributed by atoms with Crippen molar-refractivity contribution in [2.75, 3.05) is 0 Å². The van der Waals surface area contributed by atoms with Gasteiger partial charge in [-0.3, -0.25) is 0 Å². The highest BCUT2D eigenvalue weighted by Gasteiger charge is 2.25. The monoisotopic (exact) mass is 733 g/mol. The van der Waals surface area contributed by atoms with E-state index < -0.39 is 0 Å². The van der Waals surface area contributed by atoms with E-state index in [1.807, 2.05) is 0 Å². The van der Waals surface area contributed by atoms with Crippen molar-refractivity contribution in [3.05, 3.63) is 187 Å². The molecule has 1 aliphatic rings. The van der Waals surface area contributed by atoms with Gasteiger partial charge in [0, 0.05) is 28.7 Å². The Labute approximate surface area is 336 Å². The number of benzene rings is 8. The summed E-state index contributed by atoms with van der Waals surface area (Å²) in [5.74, 6) is 0. The van der Waals surface area contributed by atoms with E-state index in [9.17, 15) is 0 Å². The van der Waals surface area contributed by atoms with Crippen LogP contribution in [0.1, 0.15) is 45.4 Å². The number of allylic oxidation sites excluding steroid dienone is 1. The number of rotatable bonds is 6. The summed E-state index contributed by atoms with van der Waals surface area (Å²) >= 11 is 0. The molecule has 0 spiro atoms. The molecule has 0 aliphatic heterocycles. The molecule has 0 saturated heterocycles. The summed E-state index contributed by atoms with van der Waals surface area (Å²) in [7, 11) is 0. The van der Waals surface area contributed by atoms with Crippen molar-refractivity contribution < 1.29 is 0 Å². The highest BCUT2D eigenvalue weighted by Crippen LogP contribution is 2.47. The number of hydrogen-bond donors (Lipinski definition) is 0. The fourth-order valence-electron chi connectivity index (χ4n) is 9.40. The predicted octanol–water partition coefficient (Wildman–Crippen LogP) is 15.7. The molecule has 0 saturated carbocycles. The van der Waals surface area contributed by atoms with Crippen LogP contribution in [0.2, 0.25) is 0 Å². The molecular formula is C56H47N. The maximum atomic E-state index is 2.54. The first kappa shape index (κ1) is 35.0. The highest BCUT2D eigenvalue weighted by molar-refractivity contribution is 6.22. The van der Waals surface area contributed by atoms with Crippen LogP contribution in [0.3, 0.4) is 0 Å². The standard InChI is InChI=1S/C56H47N/c1-5-57-52-31-27-44(33-48(52)49-36-45(56(2,3)4)28-32-53(49)57)39-21-23-41(24-22-39)55-47-30-26-42(37-15-9-6-10-16-37)34-50(47)54(40-19-13-8-14-20-40)46-29-25-43(35-51(46)55)38-17-11-7-12-18-38/h6-27,29-31,33-36H,5,28,32H2,1-4H3. The van der Waals surface area contributed by atoms with Crippen molar-refractivity contribution in [3.63, 3.8) is 0 Å². The summed E-state index contributed by atoms with van der Waals surface area (Å²) < 4.78 is 2.54. The van der Waals surface area contributed by atoms with Crippen LogP contribution in [-0.4, -0.2) is 4.57 Å². The van der Waals surface area contributed by atoms with E-state index in [1.54, 1.807) is 5.57 Å². The molecule has 8 aromatic carbocycles. The minimum atomic E-state index is 0.171. The first-order chi connectivity index (χ1) is 27.9. The van der Waals surface area contributed by atoms with Gasteiger partial charge in [-0.25, -0.2) is 0 Å².